The van der Waals surface area contributed by atoms with Gasteiger partial charge in [-0.2, -0.15) is 0 Å². The molecule has 2 fully saturated rings. The van der Waals surface area contributed by atoms with Crippen LogP contribution < -0.4 is 11.1 Å². The Morgan fingerprint density at radius 2 is 1.97 bits per heavy atom. The molecule has 0 aliphatic carbocycles. The van der Waals surface area contributed by atoms with Gasteiger partial charge in [0.25, 0.3) is 0 Å². The number of nitrogens with two attached hydrogens (primary N) is 1. The number of amides is 3. The zero-order valence-electron chi connectivity index (χ0n) is 21.9. The molecule has 1 aromatic heterocycles. The van der Waals surface area contributed by atoms with Crippen LogP contribution in [-0.2, 0) is 14.4 Å². The van der Waals surface area contributed by atoms with Crippen LogP contribution in [0.4, 0.5) is 0 Å². The van der Waals surface area contributed by atoms with E-state index in [1.165, 1.54) is 16.2 Å². The highest BCUT2D eigenvalue weighted by Gasteiger charge is 2.35. The van der Waals surface area contributed by atoms with Crippen molar-refractivity contribution in [3.63, 3.8) is 0 Å². The van der Waals surface area contributed by atoms with Gasteiger partial charge >= 0.3 is 0 Å². The number of likely N-dealkylation sites (tertiary alicyclic amines) is 1. The Morgan fingerprint density at radius 1 is 1.22 bits per heavy atom. The fourth-order valence-electron chi connectivity index (χ4n) is 4.73. The standard InChI is InChI=1S/C25H39N7O4S/c1-18(26)27-10-6-7-19(23(35)24-28-11-16-37-24)29-21(33)17-32-15-14-30(2)20(25(32)36)8-9-22(34)31-12-4-3-5-13-31/h11,16,19-20H,3-10,12-15,17H2,1-2H3,(H2,26,27)(H,29,33)/t19-,20+/m0/s1. The number of aromatic nitrogens is 1. The monoisotopic (exact) mass is 533 g/mol. The van der Waals surface area contributed by atoms with Gasteiger partial charge in [-0.3, -0.25) is 29.1 Å². The Balaban J connectivity index is 1.56. The van der Waals surface area contributed by atoms with E-state index in [0.29, 0.717) is 56.2 Å². The van der Waals surface area contributed by atoms with E-state index >= 15 is 0 Å². The second kappa shape index (κ2) is 14.2. The van der Waals surface area contributed by atoms with Gasteiger partial charge in [0.1, 0.15) is 0 Å². The van der Waals surface area contributed by atoms with Crippen LogP contribution >= 0.6 is 11.3 Å². The van der Waals surface area contributed by atoms with E-state index in [-0.39, 0.29) is 24.1 Å². The number of hydrogen-bond acceptors (Lipinski definition) is 8. The third-order valence-electron chi connectivity index (χ3n) is 6.83. The minimum Gasteiger partial charge on any atom is -0.388 e. The molecule has 0 spiro atoms. The van der Waals surface area contributed by atoms with Crippen LogP contribution in [-0.4, -0.2) is 107 Å². The van der Waals surface area contributed by atoms with Crippen molar-refractivity contribution < 1.29 is 19.2 Å². The lowest BCUT2D eigenvalue weighted by Crippen LogP contribution is -2.58. The normalized spacial score (nSPS) is 20.1. The number of carbonyl (C=O) groups excluding carboxylic acids is 4. The highest BCUT2D eigenvalue weighted by atomic mass is 32.1. The van der Waals surface area contributed by atoms with Crippen LogP contribution in [0.2, 0.25) is 0 Å². The molecule has 37 heavy (non-hydrogen) atoms. The van der Waals surface area contributed by atoms with Crippen molar-refractivity contribution >= 4 is 40.7 Å². The summed E-state index contributed by atoms with van der Waals surface area (Å²) in [6, 6.07) is -1.20. The van der Waals surface area contributed by atoms with Crippen molar-refractivity contribution in [2.75, 3.05) is 46.3 Å². The largest absolute Gasteiger partial charge is 0.388 e. The summed E-state index contributed by atoms with van der Waals surface area (Å²) in [7, 11) is 1.87. The second-order valence-electron chi connectivity index (χ2n) is 9.72. The molecule has 0 unspecified atom stereocenters. The van der Waals surface area contributed by atoms with Gasteiger partial charge in [0.05, 0.1) is 24.5 Å². The Labute approximate surface area is 222 Å². The summed E-state index contributed by atoms with van der Waals surface area (Å²) in [4.78, 5) is 65.3. The predicted molar refractivity (Wildman–Crippen MR) is 142 cm³/mol. The molecular formula is C25H39N7O4S. The topological polar surface area (TPSA) is 141 Å². The number of carbonyl (C=O) groups is 4. The molecule has 3 N–H and O–H groups in total. The van der Waals surface area contributed by atoms with Gasteiger partial charge in [-0.05, 0) is 52.5 Å². The lowest BCUT2D eigenvalue weighted by Gasteiger charge is -2.38. The highest BCUT2D eigenvalue weighted by molar-refractivity contribution is 7.11. The van der Waals surface area contributed by atoms with E-state index in [9.17, 15) is 19.2 Å². The average Bonchev–Trinajstić information content (AvgIpc) is 3.42. The van der Waals surface area contributed by atoms with E-state index in [1.54, 1.807) is 18.5 Å². The summed E-state index contributed by atoms with van der Waals surface area (Å²) in [6.45, 7) is 4.62. The predicted octanol–water partition coefficient (Wildman–Crippen LogP) is 0.903. The molecule has 0 aromatic carbocycles. The molecule has 2 atom stereocenters. The Morgan fingerprint density at radius 3 is 2.65 bits per heavy atom. The smallest absolute Gasteiger partial charge is 0.240 e. The molecule has 3 amide bonds. The molecule has 2 aliphatic heterocycles. The zero-order chi connectivity index (χ0) is 26.8. The van der Waals surface area contributed by atoms with Gasteiger partial charge < -0.3 is 20.9 Å². The average molecular weight is 534 g/mol. The molecule has 0 radical (unpaired) electrons. The maximum absolute atomic E-state index is 13.2. The van der Waals surface area contributed by atoms with Gasteiger partial charge in [0.15, 0.2) is 5.01 Å². The van der Waals surface area contributed by atoms with Gasteiger partial charge in [-0.1, -0.05) is 0 Å². The molecular weight excluding hydrogens is 494 g/mol. The summed E-state index contributed by atoms with van der Waals surface area (Å²) < 4.78 is 0. The summed E-state index contributed by atoms with van der Waals surface area (Å²) in [5.41, 5.74) is 5.58. The molecule has 3 heterocycles. The van der Waals surface area contributed by atoms with Gasteiger partial charge in [0, 0.05) is 50.7 Å². The Bertz CT molecular complexity index is 958. The number of thiazole rings is 1. The fraction of sp³-hybridized carbons (Fsp3) is 0.680. The second-order valence-corrected chi connectivity index (χ2v) is 10.6. The minimum atomic E-state index is -0.757. The van der Waals surface area contributed by atoms with Crippen molar-refractivity contribution in [2.45, 2.75) is 64.0 Å². The number of ketones is 1. The van der Waals surface area contributed by atoms with Gasteiger partial charge in [0.2, 0.25) is 23.5 Å². The van der Waals surface area contributed by atoms with Crippen LogP contribution in [0.15, 0.2) is 16.6 Å². The van der Waals surface area contributed by atoms with E-state index in [0.717, 1.165) is 32.4 Å². The number of aliphatic imine (C=N–C) groups is 1. The number of rotatable bonds is 12. The third-order valence-corrected chi connectivity index (χ3v) is 7.62. The number of nitrogens with zero attached hydrogens (tertiary/aromatic N) is 5. The first kappa shape index (κ1) is 28.7. The summed E-state index contributed by atoms with van der Waals surface area (Å²) >= 11 is 1.22. The lowest BCUT2D eigenvalue weighted by atomic mass is 10.0. The lowest BCUT2D eigenvalue weighted by molar-refractivity contribution is -0.145. The van der Waals surface area contributed by atoms with Crippen molar-refractivity contribution in [3.8, 4) is 0 Å². The molecule has 12 heteroatoms. The number of hydrogen-bond donors (Lipinski definition) is 2. The quantitative estimate of drug-likeness (QED) is 0.176. The molecule has 2 saturated heterocycles. The first-order valence-corrected chi connectivity index (χ1v) is 13.9. The number of nitrogens with one attached hydrogen (secondary N) is 1. The van der Waals surface area contributed by atoms with Crippen LogP contribution in [0, 0.1) is 0 Å². The third kappa shape index (κ3) is 8.60. The summed E-state index contributed by atoms with van der Waals surface area (Å²) in [5.74, 6) is -0.253. The molecule has 0 bridgehead atoms. The van der Waals surface area contributed by atoms with Gasteiger partial charge in [-0.15, -0.1) is 11.3 Å². The summed E-state index contributed by atoms with van der Waals surface area (Å²) in [6.07, 6.45) is 6.47. The van der Waals surface area contributed by atoms with E-state index in [2.05, 4.69) is 15.3 Å². The van der Waals surface area contributed by atoms with Crippen molar-refractivity contribution in [3.05, 3.63) is 16.6 Å². The Hall–Kier alpha value is -2.86. The molecule has 2 aliphatic rings. The van der Waals surface area contributed by atoms with Crippen LogP contribution in [0.3, 0.4) is 0 Å². The highest BCUT2D eigenvalue weighted by Crippen LogP contribution is 2.17. The molecule has 1 aromatic rings. The van der Waals surface area contributed by atoms with Gasteiger partial charge in [-0.25, -0.2) is 4.98 Å². The van der Waals surface area contributed by atoms with Crippen molar-refractivity contribution in [1.82, 2.24) is 25.0 Å². The number of Topliss-reactive ketones (excluding diaryl/α,β-unsaturated/α-hetero) is 1. The zero-order valence-corrected chi connectivity index (χ0v) is 22.7. The van der Waals surface area contributed by atoms with Crippen LogP contribution in [0.5, 0.6) is 0 Å². The van der Waals surface area contributed by atoms with E-state index in [1.807, 2.05) is 16.8 Å². The van der Waals surface area contributed by atoms with Crippen molar-refractivity contribution in [2.24, 2.45) is 10.7 Å². The summed E-state index contributed by atoms with van der Waals surface area (Å²) in [5, 5.41) is 4.86. The SMILES string of the molecule is CC(N)=NCCC[C@H](NC(=O)CN1CCN(C)[C@H](CCC(=O)N2CCCCC2)C1=O)C(=O)c1nccs1. The van der Waals surface area contributed by atoms with Crippen molar-refractivity contribution in [1.29, 1.82) is 0 Å². The first-order chi connectivity index (χ1) is 17.8. The molecule has 0 saturated carbocycles. The molecule has 3 rings (SSSR count). The van der Waals surface area contributed by atoms with E-state index in [4.69, 9.17) is 5.73 Å². The number of piperazine rings is 1. The first-order valence-electron chi connectivity index (χ1n) is 13.0. The number of piperidine rings is 1. The Kier molecular flexibility index (Phi) is 11.0. The number of amidine groups is 1. The molecule has 204 valence electrons. The van der Waals surface area contributed by atoms with Crippen LogP contribution in [0.25, 0.3) is 0 Å². The fourth-order valence-corrected chi connectivity index (χ4v) is 5.36. The minimum absolute atomic E-state index is 0.0912. The molecule has 11 nitrogen and oxygen atoms in total. The van der Waals surface area contributed by atoms with E-state index < -0.39 is 18.0 Å². The maximum atomic E-state index is 13.2. The maximum Gasteiger partial charge on any atom is 0.240 e. The number of likely N-dealkylation sites (N-methyl/N-ethyl adjacent to an activating group) is 1. The van der Waals surface area contributed by atoms with Crippen LogP contribution in [0.1, 0.15) is 61.7 Å².